The van der Waals surface area contributed by atoms with E-state index in [0.717, 1.165) is 17.0 Å². The molecular formula is C17H27N3O3S2. The average Bonchev–Trinajstić information content (AvgIpc) is 2.58. The summed E-state index contributed by atoms with van der Waals surface area (Å²) in [6.07, 6.45) is 3.58. The lowest BCUT2D eigenvalue weighted by Crippen LogP contribution is -2.31. The second-order valence-corrected chi connectivity index (χ2v) is 7.63. The minimum atomic E-state index is -0.203. The number of nitrogens with two attached hydrogens (primary N) is 1. The number of allylic oxidation sites excluding steroid dienone is 2. The van der Waals surface area contributed by atoms with E-state index in [4.69, 9.17) is 22.7 Å². The number of rotatable bonds is 8. The molecule has 0 spiro atoms. The third-order valence-electron chi connectivity index (χ3n) is 3.90. The highest BCUT2D eigenvalue weighted by Crippen LogP contribution is 2.21. The van der Waals surface area contributed by atoms with Crippen molar-refractivity contribution in [3.63, 3.8) is 0 Å². The number of hydrogen-bond donors (Lipinski definition) is 1. The smallest absolute Gasteiger partial charge is 0.328 e. The van der Waals surface area contributed by atoms with Gasteiger partial charge in [0.1, 0.15) is 4.64 Å². The van der Waals surface area contributed by atoms with E-state index >= 15 is 0 Å². The van der Waals surface area contributed by atoms with Gasteiger partial charge in [0.25, 0.3) is 0 Å². The number of anilines is 1. The van der Waals surface area contributed by atoms with Gasteiger partial charge in [0.2, 0.25) is 0 Å². The molecule has 0 aliphatic carbocycles. The Morgan fingerprint density at radius 1 is 1.40 bits per heavy atom. The number of nitrogens with zero attached hydrogens (tertiary/aromatic N) is 2. The van der Waals surface area contributed by atoms with Gasteiger partial charge in [-0.3, -0.25) is 13.9 Å². The minimum Gasteiger partial charge on any atom is -0.465 e. The Labute approximate surface area is 158 Å². The monoisotopic (exact) mass is 385 g/mol. The van der Waals surface area contributed by atoms with Crippen LogP contribution in [0, 0.1) is 10.6 Å². The van der Waals surface area contributed by atoms with Crippen LogP contribution >= 0.6 is 24.0 Å². The van der Waals surface area contributed by atoms with Crippen molar-refractivity contribution < 1.29 is 9.53 Å². The number of nitrogen functional groups attached to an aromatic ring is 1. The Balaban J connectivity index is 2.73. The lowest BCUT2D eigenvalue weighted by molar-refractivity contribution is -0.139. The highest BCUT2D eigenvalue weighted by molar-refractivity contribution is 8.03. The van der Waals surface area contributed by atoms with Crippen LogP contribution in [0.5, 0.6) is 0 Å². The van der Waals surface area contributed by atoms with Crippen molar-refractivity contribution >= 4 is 35.6 Å². The molecule has 1 aromatic rings. The first-order valence-electron chi connectivity index (χ1n) is 8.18. The third-order valence-corrected chi connectivity index (χ3v) is 5.39. The van der Waals surface area contributed by atoms with Crippen LogP contribution in [-0.2, 0) is 30.0 Å². The zero-order chi connectivity index (χ0) is 19.1. The van der Waals surface area contributed by atoms with Crippen molar-refractivity contribution in [3.8, 4) is 0 Å². The molecule has 0 amide bonds. The van der Waals surface area contributed by atoms with Crippen molar-refractivity contribution in [2.45, 2.75) is 33.6 Å². The van der Waals surface area contributed by atoms with Gasteiger partial charge < -0.3 is 10.5 Å². The standard InChI is InChI=1S/C17H27N3O3S2/c1-6-23-14(21)10-25-12(3)8-7-11(2)9-13-15(18)16(24)20(5)17(22)19(13)4/h8,11H,6-7,9-10,18H2,1-5H3/b12-8-. The molecule has 0 aromatic carbocycles. The van der Waals surface area contributed by atoms with Crippen LogP contribution in [0.2, 0.25) is 0 Å². The van der Waals surface area contributed by atoms with Crippen LogP contribution in [-0.4, -0.2) is 27.5 Å². The summed E-state index contributed by atoms with van der Waals surface area (Å²) in [6, 6.07) is 0. The van der Waals surface area contributed by atoms with Gasteiger partial charge in [-0.05, 0) is 37.5 Å². The second-order valence-electron chi connectivity index (χ2n) is 6.02. The summed E-state index contributed by atoms with van der Waals surface area (Å²) in [5.41, 5.74) is 7.20. The summed E-state index contributed by atoms with van der Waals surface area (Å²) in [5, 5.41) is 0. The van der Waals surface area contributed by atoms with E-state index in [1.54, 1.807) is 25.6 Å². The molecule has 25 heavy (non-hydrogen) atoms. The van der Waals surface area contributed by atoms with Crippen LogP contribution in [0.4, 0.5) is 5.69 Å². The molecule has 2 N–H and O–H groups in total. The van der Waals surface area contributed by atoms with Crippen LogP contribution in [0.25, 0.3) is 0 Å². The van der Waals surface area contributed by atoms with Crippen LogP contribution < -0.4 is 11.4 Å². The highest BCUT2D eigenvalue weighted by atomic mass is 32.2. The van der Waals surface area contributed by atoms with Crippen molar-refractivity contribution in [3.05, 3.63) is 31.8 Å². The molecule has 0 aliphatic rings. The topological polar surface area (TPSA) is 79.2 Å². The van der Waals surface area contributed by atoms with Crippen LogP contribution in [0.1, 0.15) is 32.9 Å². The van der Waals surface area contributed by atoms with Gasteiger partial charge in [-0.25, -0.2) is 4.79 Å². The second kappa shape index (κ2) is 9.82. The van der Waals surface area contributed by atoms with E-state index < -0.39 is 0 Å². The fourth-order valence-corrected chi connectivity index (χ4v) is 3.21. The first-order valence-corrected chi connectivity index (χ1v) is 9.57. The van der Waals surface area contributed by atoms with E-state index in [2.05, 4.69) is 13.0 Å². The fourth-order valence-electron chi connectivity index (χ4n) is 2.37. The summed E-state index contributed by atoms with van der Waals surface area (Å²) in [6.45, 7) is 6.27. The number of hydrogen-bond acceptors (Lipinski definition) is 6. The van der Waals surface area contributed by atoms with E-state index in [-0.39, 0.29) is 17.6 Å². The predicted octanol–water partition coefficient (Wildman–Crippen LogP) is 2.80. The van der Waals surface area contributed by atoms with Crippen LogP contribution in [0.3, 0.4) is 0 Å². The molecule has 0 saturated carbocycles. The summed E-state index contributed by atoms with van der Waals surface area (Å²) >= 11 is 6.71. The van der Waals surface area contributed by atoms with E-state index in [0.29, 0.717) is 29.1 Å². The van der Waals surface area contributed by atoms with Crippen molar-refractivity contribution in [2.24, 2.45) is 20.0 Å². The number of aromatic nitrogens is 2. The number of carbonyl (C=O) groups is 1. The van der Waals surface area contributed by atoms with Gasteiger partial charge in [-0.2, -0.15) is 0 Å². The predicted molar refractivity (Wildman–Crippen MR) is 106 cm³/mol. The van der Waals surface area contributed by atoms with Gasteiger partial charge in [0.05, 0.1) is 18.0 Å². The average molecular weight is 386 g/mol. The molecule has 0 radical (unpaired) electrons. The van der Waals surface area contributed by atoms with E-state index in [1.165, 1.54) is 16.3 Å². The summed E-state index contributed by atoms with van der Waals surface area (Å²) in [7, 11) is 3.34. The first-order chi connectivity index (χ1) is 11.7. The van der Waals surface area contributed by atoms with Gasteiger partial charge in [0.15, 0.2) is 0 Å². The Bertz CT molecular complexity index is 728. The van der Waals surface area contributed by atoms with Crippen LogP contribution in [0.15, 0.2) is 15.8 Å². The number of esters is 1. The van der Waals surface area contributed by atoms with Gasteiger partial charge in [0, 0.05) is 19.8 Å². The van der Waals surface area contributed by atoms with E-state index in [9.17, 15) is 9.59 Å². The Morgan fingerprint density at radius 2 is 2.04 bits per heavy atom. The number of carbonyl (C=O) groups excluding carboxylic acids is 1. The van der Waals surface area contributed by atoms with Gasteiger partial charge in [-0.15, -0.1) is 11.8 Å². The lowest BCUT2D eigenvalue weighted by atomic mass is 10.0. The number of ether oxygens (including phenoxy) is 1. The quantitative estimate of drug-likeness (QED) is 0.548. The van der Waals surface area contributed by atoms with E-state index in [1.807, 2.05) is 6.92 Å². The lowest BCUT2D eigenvalue weighted by Gasteiger charge is -2.17. The zero-order valence-electron chi connectivity index (χ0n) is 15.5. The van der Waals surface area contributed by atoms with Crippen molar-refractivity contribution in [2.75, 3.05) is 18.1 Å². The molecular weight excluding hydrogens is 358 g/mol. The Kier molecular flexibility index (Phi) is 8.44. The molecule has 1 aromatic heterocycles. The minimum absolute atomic E-state index is 0.168. The molecule has 6 nitrogen and oxygen atoms in total. The van der Waals surface area contributed by atoms with Crippen molar-refractivity contribution in [1.82, 2.24) is 9.13 Å². The molecule has 0 fully saturated rings. The molecule has 1 atom stereocenters. The largest absolute Gasteiger partial charge is 0.465 e. The maximum absolute atomic E-state index is 12.2. The SMILES string of the molecule is CCOC(=O)CS/C(C)=C\CC(C)Cc1c(N)c(=S)n(C)c(=O)n1C. The summed E-state index contributed by atoms with van der Waals surface area (Å²) in [5.74, 6) is 0.403. The Hall–Kier alpha value is -1.54. The van der Waals surface area contributed by atoms with Gasteiger partial charge >= 0.3 is 11.7 Å². The molecule has 0 saturated heterocycles. The molecule has 8 heteroatoms. The zero-order valence-corrected chi connectivity index (χ0v) is 17.1. The molecule has 140 valence electrons. The molecule has 1 heterocycles. The molecule has 1 rings (SSSR count). The fraction of sp³-hybridized carbons (Fsp3) is 0.588. The Morgan fingerprint density at radius 3 is 2.64 bits per heavy atom. The normalized spacial score (nSPS) is 12.9. The van der Waals surface area contributed by atoms with Crippen molar-refractivity contribution in [1.29, 1.82) is 0 Å². The molecule has 0 aliphatic heterocycles. The first kappa shape index (κ1) is 21.5. The number of thioether (sulfide) groups is 1. The summed E-state index contributed by atoms with van der Waals surface area (Å²) < 4.78 is 8.23. The summed E-state index contributed by atoms with van der Waals surface area (Å²) in [4.78, 5) is 24.6. The van der Waals surface area contributed by atoms with Gasteiger partial charge in [-0.1, -0.05) is 25.2 Å². The molecule has 1 unspecified atom stereocenters. The highest BCUT2D eigenvalue weighted by Gasteiger charge is 2.13. The maximum Gasteiger partial charge on any atom is 0.328 e. The maximum atomic E-state index is 12.2. The molecule has 0 bridgehead atoms. The third kappa shape index (κ3) is 6.04.